The van der Waals surface area contributed by atoms with E-state index < -0.39 is 15.1 Å². The number of rotatable bonds is 8. The highest BCUT2D eigenvalue weighted by molar-refractivity contribution is 7.92. The van der Waals surface area contributed by atoms with E-state index in [1.165, 1.54) is 13.3 Å². The Morgan fingerprint density at radius 2 is 2.10 bits per heavy atom. The Hall–Kier alpha value is -2.43. The topological polar surface area (TPSA) is 114 Å². The molecule has 0 radical (unpaired) electrons. The number of hydrogen-bond acceptors (Lipinski definition) is 9. The van der Waals surface area contributed by atoms with Crippen molar-refractivity contribution in [2.75, 3.05) is 37.4 Å². The van der Waals surface area contributed by atoms with Crippen LogP contribution in [0.2, 0.25) is 5.02 Å². The fourth-order valence-electron chi connectivity index (χ4n) is 3.25. The van der Waals surface area contributed by atoms with E-state index in [1.54, 1.807) is 38.1 Å². The van der Waals surface area contributed by atoms with Crippen molar-refractivity contribution < 1.29 is 17.9 Å². The molecule has 0 spiro atoms. The molecule has 1 saturated heterocycles. The number of likely N-dealkylation sites (tertiary alicyclic amines) is 1. The summed E-state index contributed by atoms with van der Waals surface area (Å²) in [4.78, 5) is 22.3. The summed E-state index contributed by atoms with van der Waals surface area (Å²) in [7, 11) is -2.13. The maximum atomic E-state index is 12.7. The maximum absolute atomic E-state index is 12.7. The van der Waals surface area contributed by atoms with Crippen molar-refractivity contribution in [1.29, 1.82) is 0 Å². The van der Waals surface area contributed by atoms with Crippen molar-refractivity contribution in [3.63, 3.8) is 0 Å². The number of benzene rings is 1. The largest absolute Gasteiger partial charge is 0.468 e. The molecule has 0 bridgehead atoms. The Morgan fingerprint density at radius 3 is 2.81 bits per heavy atom. The van der Waals surface area contributed by atoms with Crippen molar-refractivity contribution in [3.05, 3.63) is 35.5 Å². The van der Waals surface area contributed by atoms with Gasteiger partial charge >= 0.3 is 5.97 Å². The number of para-hydroxylation sites is 1. The minimum absolute atomic E-state index is 0.0623. The lowest BCUT2D eigenvalue weighted by atomic mass is 10.3. The second kappa shape index (κ2) is 9.80. The summed E-state index contributed by atoms with van der Waals surface area (Å²) in [5, 5.41) is 5.98. The van der Waals surface area contributed by atoms with Crippen molar-refractivity contribution in [1.82, 2.24) is 14.9 Å². The smallest absolute Gasteiger partial charge is 0.319 e. The highest BCUT2D eigenvalue weighted by Gasteiger charge is 2.26. The minimum atomic E-state index is -3.50. The van der Waals surface area contributed by atoms with Crippen LogP contribution in [-0.4, -0.2) is 67.3 Å². The summed E-state index contributed by atoms with van der Waals surface area (Å²) in [6.45, 7) is 4.92. The molecule has 31 heavy (non-hydrogen) atoms. The van der Waals surface area contributed by atoms with Crippen molar-refractivity contribution in [3.8, 4) is 0 Å². The summed E-state index contributed by atoms with van der Waals surface area (Å²) in [5.74, 6) is 0.390. The molecule has 1 atom stereocenters. The summed E-state index contributed by atoms with van der Waals surface area (Å²) in [6.07, 6.45) is 2.28. The lowest BCUT2D eigenvalue weighted by Gasteiger charge is -2.17. The highest BCUT2D eigenvalue weighted by atomic mass is 35.5. The van der Waals surface area contributed by atoms with Crippen LogP contribution >= 0.6 is 11.6 Å². The highest BCUT2D eigenvalue weighted by Crippen LogP contribution is 2.30. The molecule has 2 heterocycles. The van der Waals surface area contributed by atoms with Gasteiger partial charge in [0.05, 0.1) is 35.7 Å². The molecule has 1 aromatic carbocycles. The minimum Gasteiger partial charge on any atom is -0.468 e. The number of carbonyl (C=O) groups excluding carboxylic acids is 1. The van der Waals surface area contributed by atoms with Gasteiger partial charge in [0.25, 0.3) is 0 Å². The molecule has 1 aliphatic rings. The number of esters is 1. The first-order chi connectivity index (χ1) is 14.7. The zero-order valence-corrected chi connectivity index (χ0v) is 19.2. The van der Waals surface area contributed by atoms with Crippen LogP contribution in [0.3, 0.4) is 0 Å². The Labute approximate surface area is 187 Å². The standard InChI is InChI=1S/C20H26ClN5O4S/c1-13(2)31(28,29)17-7-5-4-6-16(17)24-19-15(21)10-22-20(25-19)23-14-8-9-26(11-14)12-18(27)30-3/h4-7,10,13-14H,8-9,11-12H2,1-3H3,(H2,22,23,24,25)/t14-/m1/s1. The molecule has 2 aromatic rings. The van der Waals surface area contributed by atoms with Gasteiger partial charge in [0.2, 0.25) is 5.95 Å². The van der Waals surface area contributed by atoms with Crippen LogP contribution in [0.1, 0.15) is 20.3 Å². The third kappa shape index (κ3) is 5.63. The number of nitrogens with zero attached hydrogens (tertiary/aromatic N) is 3. The van der Waals surface area contributed by atoms with Crippen molar-refractivity contribution in [2.45, 2.75) is 36.5 Å². The first kappa shape index (κ1) is 23.2. The van der Waals surface area contributed by atoms with Gasteiger partial charge in [-0.25, -0.2) is 13.4 Å². The third-order valence-corrected chi connectivity index (χ3v) is 7.48. The Bertz CT molecular complexity index is 1050. The zero-order valence-electron chi connectivity index (χ0n) is 17.6. The van der Waals surface area contributed by atoms with E-state index in [2.05, 4.69) is 20.6 Å². The van der Waals surface area contributed by atoms with Gasteiger partial charge in [0, 0.05) is 19.1 Å². The zero-order chi connectivity index (χ0) is 22.6. The third-order valence-electron chi connectivity index (χ3n) is 5.00. The van der Waals surface area contributed by atoms with Crippen LogP contribution in [0.25, 0.3) is 0 Å². The molecule has 0 unspecified atom stereocenters. The monoisotopic (exact) mass is 467 g/mol. The molecule has 3 rings (SSSR count). The molecule has 0 aliphatic carbocycles. The van der Waals surface area contributed by atoms with Crippen molar-refractivity contribution >= 4 is 44.9 Å². The summed E-state index contributed by atoms with van der Waals surface area (Å²) < 4.78 is 30.1. The van der Waals surface area contributed by atoms with Crippen LogP contribution < -0.4 is 10.6 Å². The van der Waals surface area contributed by atoms with Crippen LogP contribution in [0.4, 0.5) is 17.5 Å². The van der Waals surface area contributed by atoms with Gasteiger partial charge in [0.1, 0.15) is 5.02 Å². The summed E-state index contributed by atoms with van der Waals surface area (Å²) in [5.41, 5.74) is 0.396. The first-order valence-electron chi connectivity index (χ1n) is 9.89. The molecule has 1 aromatic heterocycles. The number of aromatic nitrogens is 2. The van der Waals surface area contributed by atoms with Gasteiger partial charge in [-0.3, -0.25) is 9.69 Å². The molecule has 0 amide bonds. The Morgan fingerprint density at radius 1 is 1.35 bits per heavy atom. The molecular formula is C20H26ClN5O4S. The second-order valence-corrected chi connectivity index (χ2v) is 10.4. The van der Waals surface area contributed by atoms with Gasteiger partial charge in [-0.1, -0.05) is 23.7 Å². The number of carbonyl (C=O) groups is 1. The molecule has 0 saturated carbocycles. The van der Waals surface area contributed by atoms with Gasteiger partial charge in [-0.2, -0.15) is 4.98 Å². The fraction of sp³-hybridized carbons (Fsp3) is 0.450. The van der Waals surface area contributed by atoms with E-state index in [9.17, 15) is 13.2 Å². The fourth-order valence-corrected chi connectivity index (χ4v) is 4.59. The quantitative estimate of drug-likeness (QED) is 0.565. The molecule has 1 fully saturated rings. The van der Waals surface area contributed by atoms with Crippen LogP contribution in [0.5, 0.6) is 0 Å². The van der Waals surface area contributed by atoms with E-state index in [4.69, 9.17) is 16.3 Å². The van der Waals surface area contributed by atoms with E-state index in [0.29, 0.717) is 24.0 Å². The first-order valence-corrected chi connectivity index (χ1v) is 11.8. The van der Waals surface area contributed by atoms with Crippen LogP contribution in [0.15, 0.2) is 35.4 Å². The molecule has 168 valence electrons. The predicted molar refractivity (Wildman–Crippen MR) is 120 cm³/mol. The average Bonchev–Trinajstić information content (AvgIpc) is 3.17. The SMILES string of the molecule is COC(=O)CN1CC[C@@H](Nc2ncc(Cl)c(Nc3ccccc3S(=O)(=O)C(C)C)n2)C1. The average molecular weight is 468 g/mol. The number of halogens is 1. The Kier molecular flexibility index (Phi) is 7.34. The number of sulfone groups is 1. The lowest BCUT2D eigenvalue weighted by molar-refractivity contribution is -0.141. The molecule has 2 N–H and O–H groups in total. The van der Waals surface area contributed by atoms with Gasteiger partial charge in [0.15, 0.2) is 15.7 Å². The second-order valence-electron chi connectivity index (χ2n) is 7.55. The molecular weight excluding hydrogens is 442 g/mol. The van der Waals surface area contributed by atoms with E-state index in [-0.39, 0.29) is 28.5 Å². The summed E-state index contributed by atoms with van der Waals surface area (Å²) >= 11 is 6.26. The lowest BCUT2D eigenvalue weighted by Crippen LogP contribution is -2.31. The molecule has 1 aliphatic heterocycles. The maximum Gasteiger partial charge on any atom is 0.319 e. The van der Waals surface area contributed by atoms with E-state index in [1.807, 2.05) is 4.90 Å². The van der Waals surface area contributed by atoms with E-state index >= 15 is 0 Å². The van der Waals surface area contributed by atoms with Gasteiger partial charge < -0.3 is 15.4 Å². The van der Waals surface area contributed by atoms with Crippen molar-refractivity contribution in [2.24, 2.45) is 0 Å². The normalized spacial score (nSPS) is 17.0. The number of anilines is 3. The van der Waals surface area contributed by atoms with Crippen LogP contribution in [-0.2, 0) is 19.4 Å². The van der Waals surface area contributed by atoms with Gasteiger partial charge in [-0.05, 0) is 32.4 Å². The summed E-state index contributed by atoms with van der Waals surface area (Å²) in [6, 6.07) is 6.70. The van der Waals surface area contributed by atoms with Gasteiger partial charge in [-0.15, -0.1) is 0 Å². The molecule has 11 heteroatoms. The van der Waals surface area contributed by atoms with E-state index in [0.717, 1.165) is 13.0 Å². The number of hydrogen-bond donors (Lipinski definition) is 2. The Balaban J connectivity index is 1.76. The predicted octanol–water partition coefficient (Wildman–Crippen LogP) is 2.71. The molecule has 9 nitrogen and oxygen atoms in total. The van der Waals surface area contributed by atoms with Crippen LogP contribution in [0, 0.1) is 0 Å². The number of ether oxygens (including phenoxy) is 1. The number of nitrogens with one attached hydrogen (secondary N) is 2. The number of methoxy groups -OCH3 is 1.